The molecule has 0 aromatic heterocycles. The van der Waals surface area contributed by atoms with E-state index in [1.807, 2.05) is 0 Å². The highest BCUT2D eigenvalue weighted by molar-refractivity contribution is 9.10. The van der Waals surface area contributed by atoms with Gasteiger partial charge in [-0.1, -0.05) is 0 Å². The fraction of sp³-hybridized carbons (Fsp3) is 0.364. The molecule has 2 heterocycles. The standard InChI is InChI=1S/C11H10BrFN2O/c12-6-4-10-8(5-7(6)13)14-11(16)9-2-1-3-15(9)10/h4-5,9H,1-3H2,(H,14,16). The molecule has 0 spiro atoms. The van der Waals surface area contributed by atoms with E-state index < -0.39 is 0 Å². The monoisotopic (exact) mass is 284 g/mol. The zero-order valence-corrected chi connectivity index (χ0v) is 10.1. The van der Waals surface area contributed by atoms with Crippen LogP contribution in [0.5, 0.6) is 0 Å². The summed E-state index contributed by atoms with van der Waals surface area (Å²) in [5.41, 5.74) is 1.49. The quantitative estimate of drug-likeness (QED) is 0.794. The minimum atomic E-state index is -0.350. The number of halogens is 2. The van der Waals surface area contributed by atoms with Gasteiger partial charge >= 0.3 is 0 Å². The van der Waals surface area contributed by atoms with Crippen LogP contribution >= 0.6 is 15.9 Å². The molecule has 1 amide bonds. The molecule has 0 radical (unpaired) electrons. The first-order valence-electron chi connectivity index (χ1n) is 5.23. The Morgan fingerprint density at radius 3 is 3.12 bits per heavy atom. The van der Waals surface area contributed by atoms with Crippen molar-refractivity contribution in [3.63, 3.8) is 0 Å². The largest absolute Gasteiger partial charge is 0.358 e. The van der Waals surface area contributed by atoms with Gasteiger partial charge in [0.25, 0.3) is 0 Å². The third kappa shape index (κ3) is 1.34. The van der Waals surface area contributed by atoms with Crippen LogP contribution in [0, 0.1) is 5.82 Å². The Hall–Kier alpha value is -1.10. The second kappa shape index (κ2) is 3.45. The van der Waals surface area contributed by atoms with Gasteiger partial charge in [0.05, 0.1) is 15.8 Å². The lowest BCUT2D eigenvalue weighted by Crippen LogP contribution is -2.43. The molecular formula is C11H10BrFN2O. The molecule has 0 bridgehead atoms. The minimum Gasteiger partial charge on any atom is -0.358 e. The van der Waals surface area contributed by atoms with Crippen LogP contribution in [-0.4, -0.2) is 18.5 Å². The molecule has 2 aliphatic heterocycles. The van der Waals surface area contributed by atoms with E-state index in [9.17, 15) is 9.18 Å². The van der Waals surface area contributed by atoms with Gasteiger partial charge in [-0.25, -0.2) is 4.39 Å². The molecule has 0 saturated carbocycles. The van der Waals surface area contributed by atoms with E-state index in [1.54, 1.807) is 6.07 Å². The van der Waals surface area contributed by atoms with Crippen LogP contribution in [0.15, 0.2) is 16.6 Å². The number of nitrogens with one attached hydrogen (secondary N) is 1. The molecule has 3 rings (SSSR count). The average Bonchev–Trinajstić information content (AvgIpc) is 2.71. The average molecular weight is 285 g/mol. The number of amides is 1. The van der Waals surface area contributed by atoms with Crippen molar-refractivity contribution in [2.75, 3.05) is 16.8 Å². The van der Waals surface area contributed by atoms with Crippen molar-refractivity contribution in [1.82, 2.24) is 0 Å². The molecule has 1 unspecified atom stereocenters. The van der Waals surface area contributed by atoms with Crippen molar-refractivity contribution in [1.29, 1.82) is 0 Å². The summed E-state index contributed by atoms with van der Waals surface area (Å²) in [6.07, 6.45) is 1.88. The fourth-order valence-corrected chi connectivity index (χ4v) is 2.75. The number of benzene rings is 1. The van der Waals surface area contributed by atoms with Crippen molar-refractivity contribution in [2.24, 2.45) is 0 Å². The summed E-state index contributed by atoms with van der Waals surface area (Å²) in [4.78, 5) is 13.8. The maximum atomic E-state index is 13.4. The fourth-order valence-electron chi connectivity index (χ4n) is 2.42. The van der Waals surface area contributed by atoms with Crippen molar-refractivity contribution in [3.05, 3.63) is 22.4 Å². The predicted molar refractivity (Wildman–Crippen MR) is 63.1 cm³/mol. The zero-order valence-electron chi connectivity index (χ0n) is 8.46. The Bertz CT molecular complexity index is 477. The number of hydrogen-bond donors (Lipinski definition) is 1. The lowest BCUT2D eigenvalue weighted by Gasteiger charge is -2.33. The molecule has 84 valence electrons. The summed E-state index contributed by atoms with van der Waals surface area (Å²) in [5, 5.41) is 2.76. The number of anilines is 2. The van der Waals surface area contributed by atoms with Gasteiger partial charge in [-0.2, -0.15) is 0 Å². The van der Waals surface area contributed by atoms with Gasteiger partial charge in [-0.15, -0.1) is 0 Å². The Balaban J connectivity index is 2.14. The lowest BCUT2D eigenvalue weighted by molar-refractivity contribution is -0.117. The normalized spacial score (nSPS) is 22.8. The van der Waals surface area contributed by atoms with Gasteiger partial charge in [-0.05, 0) is 34.8 Å². The summed E-state index contributed by atoms with van der Waals surface area (Å²) < 4.78 is 13.8. The predicted octanol–water partition coefficient (Wildman–Crippen LogP) is 2.51. The molecule has 0 aliphatic carbocycles. The van der Waals surface area contributed by atoms with Crippen LogP contribution in [0.3, 0.4) is 0 Å². The number of rotatable bonds is 0. The van der Waals surface area contributed by atoms with E-state index in [0.29, 0.717) is 10.2 Å². The Kier molecular flexibility index (Phi) is 2.17. The van der Waals surface area contributed by atoms with Crippen molar-refractivity contribution in [2.45, 2.75) is 18.9 Å². The molecule has 1 saturated heterocycles. The minimum absolute atomic E-state index is 0.0216. The van der Waals surface area contributed by atoms with Gasteiger partial charge in [0.2, 0.25) is 5.91 Å². The first-order valence-corrected chi connectivity index (χ1v) is 6.02. The van der Waals surface area contributed by atoms with Gasteiger partial charge in [-0.3, -0.25) is 4.79 Å². The molecule has 1 aromatic carbocycles. The third-order valence-corrected chi connectivity index (χ3v) is 3.77. The molecule has 16 heavy (non-hydrogen) atoms. The number of fused-ring (bicyclic) bond motifs is 3. The number of carbonyl (C=O) groups excluding carboxylic acids is 1. The van der Waals surface area contributed by atoms with Crippen LogP contribution in [-0.2, 0) is 4.79 Å². The highest BCUT2D eigenvalue weighted by Crippen LogP contribution is 2.39. The summed E-state index contributed by atoms with van der Waals surface area (Å²) in [6.45, 7) is 0.864. The van der Waals surface area contributed by atoms with Gasteiger partial charge in [0.1, 0.15) is 11.9 Å². The van der Waals surface area contributed by atoms with Crippen LogP contribution in [0.25, 0.3) is 0 Å². The highest BCUT2D eigenvalue weighted by atomic mass is 79.9. The summed E-state index contributed by atoms with van der Waals surface area (Å²) in [6, 6.07) is 3.03. The van der Waals surface area contributed by atoms with E-state index >= 15 is 0 Å². The second-order valence-electron chi connectivity index (χ2n) is 4.12. The molecule has 5 heteroatoms. The molecule has 2 aliphatic rings. The van der Waals surface area contributed by atoms with Crippen LogP contribution in [0.4, 0.5) is 15.8 Å². The van der Waals surface area contributed by atoms with Gasteiger partial charge in [0, 0.05) is 12.6 Å². The van der Waals surface area contributed by atoms with E-state index in [2.05, 4.69) is 26.1 Å². The van der Waals surface area contributed by atoms with Crippen LogP contribution in [0.2, 0.25) is 0 Å². The van der Waals surface area contributed by atoms with Gasteiger partial charge in [0.15, 0.2) is 0 Å². The lowest BCUT2D eigenvalue weighted by atomic mass is 10.1. The topological polar surface area (TPSA) is 32.3 Å². The first kappa shape index (κ1) is 10.1. The molecule has 1 atom stereocenters. The van der Waals surface area contributed by atoms with Crippen molar-refractivity contribution < 1.29 is 9.18 Å². The summed E-state index contributed by atoms with van der Waals surface area (Å²) >= 11 is 3.17. The second-order valence-corrected chi connectivity index (χ2v) is 4.98. The Morgan fingerprint density at radius 2 is 2.31 bits per heavy atom. The van der Waals surface area contributed by atoms with E-state index in [0.717, 1.165) is 25.1 Å². The number of carbonyl (C=O) groups is 1. The highest BCUT2D eigenvalue weighted by Gasteiger charge is 2.36. The summed E-state index contributed by atoms with van der Waals surface area (Å²) in [7, 11) is 0. The summed E-state index contributed by atoms with van der Waals surface area (Å²) in [5.74, 6) is -0.372. The third-order valence-electron chi connectivity index (χ3n) is 3.16. The SMILES string of the molecule is O=C1Nc2cc(F)c(Br)cc2N2CCCC12. The number of nitrogens with zero attached hydrogens (tertiary/aromatic N) is 1. The van der Waals surface area contributed by atoms with E-state index in [-0.39, 0.29) is 17.8 Å². The number of hydrogen-bond acceptors (Lipinski definition) is 2. The molecule has 1 fully saturated rings. The van der Waals surface area contributed by atoms with Crippen LogP contribution in [0.1, 0.15) is 12.8 Å². The smallest absolute Gasteiger partial charge is 0.247 e. The van der Waals surface area contributed by atoms with Gasteiger partial charge < -0.3 is 10.2 Å². The Morgan fingerprint density at radius 1 is 1.50 bits per heavy atom. The first-order chi connectivity index (χ1) is 7.66. The van der Waals surface area contributed by atoms with E-state index in [4.69, 9.17) is 0 Å². The maximum absolute atomic E-state index is 13.4. The molecular weight excluding hydrogens is 275 g/mol. The zero-order chi connectivity index (χ0) is 11.3. The van der Waals surface area contributed by atoms with Crippen LogP contribution < -0.4 is 10.2 Å². The van der Waals surface area contributed by atoms with Crippen molar-refractivity contribution in [3.8, 4) is 0 Å². The Labute approximate surface area is 101 Å². The van der Waals surface area contributed by atoms with E-state index in [1.165, 1.54) is 6.07 Å². The molecule has 1 N–H and O–H groups in total. The van der Waals surface area contributed by atoms with Crippen molar-refractivity contribution >= 4 is 33.2 Å². The molecule has 3 nitrogen and oxygen atoms in total. The maximum Gasteiger partial charge on any atom is 0.247 e. The molecule has 1 aromatic rings.